The highest BCUT2D eigenvalue weighted by Crippen LogP contribution is 2.17. The van der Waals surface area contributed by atoms with Gasteiger partial charge in [-0.1, -0.05) is 0 Å². The summed E-state index contributed by atoms with van der Waals surface area (Å²) < 4.78 is 5.15. The summed E-state index contributed by atoms with van der Waals surface area (Å²) in [4.78, 5) is 4.75. The largest absolute Gasteiger partial charge is 0.383 e. The van der Waals surface area contributed by atoms with Crippen molar-refractivity contribution in [3.05, 3.63) is 0 Å². The fraction of sp³-hybridized carbons (Fsp3) is 0.917. The van der Waals surface area contributed by atoms with Crippen LogP contribution in [0.1, 0.15) is 19.8 Å². The lowest BCUT2D eigenvalue weighted by molar-refractivity contribution is 0.0933. The molecule has 0 saturated carbocycles. The van der Waals surface area contributed by atoms with Gasteiger partial charge in [-0.05, 0) is 26.9 Å². The van der Waals surface area contributed by atoms with Crippen LogP contribution in [0.2, 0.25) is 0 Å². The van der Waals surface area contributed by atoms with E-state index in [0.717, 1.165) is 26.2 Å². The standard InChI is InChI=1S/C12H23N3O/c1-11-5-7-14(2)10-12(4-6-13)15(11)8-9-16-3/h11-12H,4-5,7-10H2,1-3H3. The maximum Gasteiger partial charge on any atom is 0.0638 e. The zero-order chi connectivity index (χ0) is 12.0. The molecule has 1 fully saturated rings. The van der Waals surface area contributed by atoms with Crippen molar-refractivity contribution in [1.82, 2.24) is 9.80 Å². The van der Waals surface area contributed by atoms with Gasteiger partial charge in [0, 0.05) is 32.3 Å². The molecule has 0 N–H and O–H groups in total. The Bertz CT molecular complexity index is 239. The van der Waals surface area contributed by atoms with Gasteiger partial charge in [-0.3, -0.25) is 4.90 Å². The Balaban J connectivity index is 2.65. The van der Waals surface area contributed by atoms with E-state index in [9.17, 15) is 0 Å². The summed E-state index contributed by atoms with van der Waals surface area (Å²) >= 11 is 0. The summed E-state index contributed by atoms with van der Waals surface area (Å²) in [5, 5.41) is 8.90. The summed E-state index contributed by atoms with van der Waals surface area (Å²) in [6.07, 6.45) is 1.78. The molecule has 2 unspecified atom stereocenters. The normalized spacial score (nSPS) is 28.6. The third kappa shape index (κ3) is 3.75. The number of hydrogen-bond acceptors (Lipinski definition) is 4. The summed E-state index contributed by atoms with van der Waals surface area (Å²) in [6.45, 7) is 6.03. The van der Waals surface area contributed by atoms with Gasteiger partial charge in [0.25, 0.3) is 0 Å². The van der Waals surface area contributed by atoms with Crippen LogP contribution in [0.5, 0.6) is 0 Å². The number of likely N-dealkylation sites (N-methyl/N-ethyl adjacent to an activating group) is 1. The predicted octanol–water partition coefficient (Wildman–Crippen LogP) is 0.941. The minimum Gasteiger partial charge on any atom is -0.383 e. The molecule has 0 aromatic rings. The first-order chi connectivity index (χ1) is 7.69. The van der Waals surface area contributed by atoms with E-state index in [2.05, 4.69) is 29.8 Å². The highest BCUT2D eigenvalue weighted by Gasteiger charge is 2.27. The van der Waals surface area contributed by atoms with Crippen molar-refractivity contribution >= 4 is 0 Å². The van der Waals surface area contributed by atoms with Gasteiger partial charge in [-0.15, -0.1) is 0 Å². The number of methoxy groups -OCH3 is 1. The van der Waals surface area contributed by atoms with E-state index in [1.54, 1.807) is 7.11 Å². The van der Waals surface area contributed by atoms with Crippen molar-refractivity contribution in [3.8, 4) is 6.07 Å². The van der Waals surface area contributed by atoms with Crippen molar-refractivity contribution in [1.29, 1.82) is 5.26 Å². The Kier molecular flexibility index (Phi) is 5.75. The first-order valence-electron chi connectivity index (χ1n) is 5.99. The molecule has 1 aliphatic heterocycles. The lowest BCUT2D eigenvalue weighted by Crippen LogP contribution is -2.45. The zero-order valence-corrected chi connectivity index (χ0v) is 10.6. The molecule has 0 bridgehead atoms. The van der Waals surface area contributed by atoms with Crippen LogP contribution in [0, 0.1) is 11.3 Å². The first kappa shape index (κ1) is 13.4. The molecule has 4 heteroatoms. The Morgan fingerprint density at radius 1 is 1.50 bits per heavy atom. The van der Waals surface area contributed by atoms with E-state index in [0.29, 0.717) is 18.5 Å². The molecule has 0 radical (unpaired) electrons. The second-order valence-corrected chi connectivity index (χ2v) is 4.65. The van der Waals surface area contributed by atoms with Crippen LogP contribution in [-0.4, -0.2) is 62.3 Å². The van der Waals surface area contributed by atoms with Crippen LogP contribution in [-0.2, 0) is 4.74 Å². The molecule has 16 heavy (non-hydrogen) atoms. The van der Waals surface area contributed by atoms with Gasteiger partial charge in [0.15, 0.2) is 0 Å². The molecule has 2 atom stereocenters. The van der Waals surface area contributed by atoms with Crippen LogP contribution >= 0.6 is 0 Å². The highest BCUT2D eigenvalue weighted by atomic mass is 16.5. The van der Waals surface area contributed by atoms with Crippen LogP contribution in [0.15, 0.2) is 0 Å². The highest BCUT2D eigenvalue weighted by molar-refractivity contribution is 4.89. The van der Waals surface area contributed by atoms with Crippen LogP contribution in [0.25, 0.3) is 0 Å². The maximum atomic E-state index is 8.90. The Hall–Kier alpha value is -0.630. The van der Waals surface area contributed by atoms with E-state index in [1.807, 2.05) is 0 Å². The van der Waals surface area contributed by atoms with E-state index in [1.165, 1.54) is 6.42 Å². The molecule has 0 aromatic heterocycles. The fourth-order valence-electron chi connectivity index (χ4n) is 2.38. The van der Waals surface area contributed by atoms with Gasteiger partial charge in [0.2, 0.25) is 0 Å². The van der Waals surface area contributed by atoms with Gasteiger partial charge >= 0.3 is 0 Å². The van der Waals surface area contributed by atoms with Gasteiger partial charge in [0.1, 0.15) is 0 Å². The molecule has 0 aliphatic carbocycles. The summed E-state index contributed by atoms with van der Waals surface area (Å²) in [7, 11) is 3.87. The lowest BCUT2D eigenvalue weighted by Gasteiger charge is -2.33. The number of ether oxygens (including phenoxy) is 1. The molecule has 4 nitrogen and oxygen atoms in total. The molecule has 1 saturated heterocycles. The number of nitrogens with zero attached hydrogens (tertiary/aromatic N) is 3. The van der Waals surface area contributed by atoms with Crippen molar-refractivity contribution in [2.24, 2.45) is 0 Å². The lowest BCUT2D eigenvalue weighted by atomic mass is 10.1. The number of hydrogen-bond donors (Lipinski definition) is 0. The molecular weight excluding hydrogens is 202 g/mol. The second kappa shape index (κ2) is 6.85. The molecule has 0 spiro atoms. The third-order valence-electron chi connectivity index (χ3n) is 3.37. The minimum absolute atomic E-state index is 0.350. The summed E-state index contributed by atoms with van der Waals surface area (Å²) in [6, 6.07) is 3.19. The van der Waals surface area contributed by atoms with Gasteiger partial charge in [0.05, 0.1) is 19.1 Å². The first-order valence-corrected chi connectivity index (χ1v) is 5.99. The van der Waals surface area contributed by atoms with Gasteiger partial charge in [-0.2, -0.15) is 5.26 Å². The van der Waals surface area contributed by atoms with Crippen LogP contribution < -0.4 is 0 Å². The van der Waals surface area contributed by atoms with E-state index >= 15 is 0 Å². The van der Waals surface area contributed by atoms with Crippen molar-refractivity contribution < 1.29 is 4.74 Å². The summed E-state index contributed by atoms with van der Waals surface area (Å²) in [5.74, 6) is 0. The second-order valence-electron chi connectivity index (χ2n) is 4.65. The Morgan fingerprint density at radius 3 is 2.88 bits per heavy atom. The molecule has 1 aliphatic rings. The van der Waals surface area contributed by atoms with Crippen molar-refractivity contribution in [2.45, 2.75) is 31.8 Å². The monoisotopic (exact) mass is 225 g/mol. The smallest absolute Gasteiger partial charge is 0.0638 e. The Labute approximate surface area is 98.8 Å². The van der Waals surface area contributed by atoms with Crippen molar-refractivity contribution in [3.63, 3.8) is 0 Å². The molecule has 1 rings (SSSR count). The Morgan fingerprint density at radius 2 is 2.25 bits per heavy atom. The minimum atomic E-state index is 0.350. The average Bonchev–Trinajstić information content (AvgIpc) is 2.38. The average molecular weight is 225 g/mol. The molecule has 1 heterocycles. The topological polar surface area (TPSA) is 39.5 Å². The van der Waals surface area contributed by atoms with Gasteiger partial charge < -0.3 is 9.64 Å². The molecule has 92 valence electrons. The van der Waals surface area contributed by atoms with E-state index in [-0.39, 0.29) is 0 Å². The van der Waals surface area contributed by atoms with Crippen LogP contribution in [0.3, 0.4) is 0 Å². The zero-order valence-electron chi connectivity index (χ0n) is 10.6. The van der Waals surface area contributed by atoms with Crippen LogP contribution in [0.4, 0.5) is 0 Å². The predicted molar refractivity (Wildman–Crippen MR) is 64.2 cm³/mol. The fourth-order valence-corrected chi connectivity index (χ4v) is 2.38. The molecule has 0 aromatic carbocycles. The third-order valence-corrected chi connectivity index (χ3v) is 3.37. The van der Waals surface area contributed by atoms with Gasteiger partial charge in [-0.25, -0.2) is 0 Å². The SMILES string of the molecule is COCCN1C(C)CCN(C)CC1CC#N. The van der Waals surface area contributed by atoms with Crippen molar-refractivity contribution in [2.75, 3.05) is 40.4 Å². The van der Waals surface area contributed by atoms with E-state index < -0.39 is 0 Å². The molecule has 0 amide bonds. The number of nitriles is 1. The number of rotatable bonds is 4. The van der Waals surface area contributed by atoms with E-state index in [4.69, 9.17) is 10.00 Å². The molecular formula is C12H23N3O. The maximum absolute atomic E-state index is 8.90. The summed E-state index contributed by atoms with van der Waals surface area (Å²) in [5.41, 5.74) is 0. The quantitative estimate of drug-likeness (QED) is 0.714.